The fourth-order valence-corrected chi connectivity index (χ4v) is 5.25. The van der Waals surface area contributed by atoms with E-state index in [0.717, 1.165) is 12.8 Å². The molecular weight excluding hydrogens is 308 g/mol. The van der Waals surface area contributed by atoms with Crippen molar-refractivity contribution in [1.29, 1.82) is 0 Å². The van der Waals surface area contributed by atoms with Gasteiger partial charge in [0.25, 0.3) is 0 Å². The molecule has 0 aliphatic rings. The Morgan fingerprint density at radius 1 is 0.682 bits per heavy atom. The van der Waals surface area contributed by atoms with Crippen molar-refractivity contribution in [2.45, 2.75) is 12.8 Å². The normalized spacial score (nSPS) is 11.5. The van der Waals surface area contributed by atoms with Crippen molar-refractivity contribution in [1.82, 2.24) is 0 Å². The molecule has 4 heteroatoms. The Kier molecular flexibility index (Phi) is 3.43. The first-order valence-electron chi connectivity index (χ1n) is 7.47. The van der Waals surface area contributed by atoms with E-state index in [4.69, 9.17) is 0 Å². The maximum atomic E-state index is 2.34. The van der Waals surface area contributed by atoms with E-state index in [1.807, 2.05) is 22.7 Å². The third kappa shape index (κ3) is 2.23. The molecule has 0 bridgehead atoms. The van der Waals surface area contributed by atoms with Crippen LogP contribution in [0.4, 0.5) is 0 Å². The predicted molar refractivity (Wildman–Crippen MR) is 93.4 cm³/mol. The summed E-state index contributed by atoms with van der Waals surface area (Å²) in [6.07, 6.45) is 2.19. The molecule has 0 saturated heterocycles. The van der Waals surface area contributed by atoms with E-state index in [1.54, 1.807) is 0 Å². The highest BCUT2D eigenvalue weighted by Crippen LogP contribution is 2.23. The van der Waals surface area contributed by atoms with Crippen LogP contribution in [0.1, 0.15) is 10.0 Å². The maximum absolute atomic E-state index is 2.34. The first-order valence-corrected chi connectivity index (χ1v) is 9.10. The molecule has 110 valence electrons. The number of aromatic nitrogens is 2. The maximum Gasteiger partial charge on any atom is 0.238 e. The summed E-state index contributed by atoms with van der Waals surface area (Å²) in [5, 5.41) is 2.89. The van der Waals surface area contributed by atoms with Crippen molar-refractivity contribution in [2.75, 3.05) is 0 Å². The van der Waals surface area contributed by atoms with Gasteiger partial charge >= 0.3 is 0 Å². The Balaban J connectivity index is 1.65. The minimum absolute atomic E-state index is 1.09. The Morgan fingerprint density at radius 3 is 1.50 bits per heavy atom. The van der Waals surface area contributed by atoms with E-state index in [-0.39, 0.29) is 0 Å². The van der Waals surface area contributed by atoms with E-state index in [9.17, 15) is 0 Å². The van der Waals surface area contributed by atoms with Gasteiger partial charge in [-0.1, -0.05) is 46.9 Å². The van der Waals surface area contributed by atoms with Gasteiger partial charge in [0.05, 0.1) is 12.8 Å². The van der Waals surface area contributed by atoms with E-state index in [2.05, 4.69) is 71.8 Å². The molecule has 0 saturated carbocycles. The van der Waals surface area contributed by atoms with Crippen LogP contribution in [0.25, 0.3) is 20.4 Å². The first kappa shape index (κ1) is 13.9. The lowest BCUT2D eigenvalue weighted by Gasteiger charge is -1.92. The number of hydrogen-bond donors (Lipinski definition) is 0. The molecule has 4 aromatic rings. The highest BCUT2D eigenvalue weighted by Gasteiger charge is 2.20. The molecular formula is C18H18N2S2+2. The molecule has 2 aromatic carbocycles. The van der Waals surface area contributed by atoms with Gasteiger partial charge < -0.3 is 0 Å². The van der Waals surface area contributed by atoms with Crippen LogP contribution in [0.2, 0.25) is 0 Å². The SMILES string of the molecule is C[n+]1c(CCc2sc3ccccc3[n+]2C)sc2ccccc21. The van der Waals surface area contributed by atoms with E-state index in [1.165, 1.54) is 30.4 Å². The molecule has 2 nitrogen and oxygen atoms in total. The zero-order valence-electron chi connectivity index (χ0n) is 12.7. The average Bonchev–Trinajstić information content (AvgIpc) is 3.04. The smallest absolute Gasteiger partial charge is 0.189 e. The molecule has 2 aromatic heterocycles. The van der Waals surface area contributed by atoms with Crippen LogP contribution in [0.15, 0.2) is 48.5 Å². The minimum Gasteiger partial charge on any atom is -0.189 e. The highest BCUT2D eigenvalue weighted by atomic mass is 32.1. The summed E-state index contributed by atoms with van der Waals surface area (Å²) >= 11 is 3.83. The van der Waals surface area contributed by atoms with E-state index < -0.39 is 0 Å². The summed E-state index contributed by atoms with van der Waals surface area (Å²) in [5.41, 5.74) is 2.67. The van der Waals surface area contributed by atoms with Gasteiger partial charge in [-0.15, -0.1) is 0 Å². The van der Waals surface area contributed by atoms with Crippen LogP contribution in [0, 0.1) is 0 Å². The Bertz CT molecular complexity index is 886. The summed E-state index contributed by atoms with van der Waals surface area (Å²) in [6.45, 7) is 0. The van der Waals surface area contributed by atoms with Gasteiger partial charge in [0.15, 0.2) is 0 Å². The number of thiazole rings is 2. The van der Waals surface area contributed by atoms with Gasteiger partial charge in [0.2, 0.25) is 21.0 Å². The Morgan fingerprint density at radius 2 is 1.09 bits per heavy atom. The lowest BCUT2D eigenvalue weighted by molar-refractivity contribution is -0.652. The fraction of sp³-hybridized carbons (Fsp3) is 0.222. The van der Waals surface area contributed by atoms with Crippen LogP contribution < -0.4 is 9.13 Å². The first-order chi connectivity index (χ1) is 10.7. The lowest BCUT2D eigenvalue weighted by atomic mass is 10.3. The topological polar surface area (TPSA) is 7.76 Å². The molecule has 0 aliphatic carbocycles. The number of benzene rings is 2. The van der Waals surface area contributed by atoms with Crippen molar-refractivity contribution in [3.8, 4) is 0 Å². The van der Waals surface area contributed by atoms with Crippen molar-refractivity contribution in [2.24, 2.45) is 14.1 Å². The van der Waals surface area contributed by atoms with Gasteiger partial charge in [0, 0.05) is 12.1 Å². The van der Waals surface area contributed by atoms with Crippen molar-refractivity contribution < 1.29 is 9.13 Å². The van der Waals surface area contributed by atoms with Gasteiger partial charge in [0.1, 0.15) is 23.5 Å². The summed E-state index contributed by atoms with van der Waals surface area (Å²) in [6, 6.07) is 17.3. The average molecular weight is 326 g/mol. The summed E-state index contributed by atoms with van der Waals surface area (Å²) < 4.78 is 7.43. The largest absolute Gasteiger partial charge is 0.238 e. The molecule has 0 atom stereocenters. The van der Waals surface area contributed by atoms with Crippen LogP contribution >= 0.6 is 22.7 Å². The number of nitrogens with zero attached hydrogens (tertiary/aromatic N) is 2. The summed E-state index contributed by atoms with van der Waals surface area (Å²) in [7, 11) is 4.36. The van der Waals surface area contributed by atoms with Gasteiger partial charge in [-0.2, -0.15) is 9.13 Å². The molecule has 0 N–H and O–H groups in total. The second-order valence-corrected chi connectivity index (χ2v) is 7.78. The van der Waals surface area contributed by atoms with Gasteiger partial charge in [-0.05, 0) is 12.1 Å². The van der Waals surface area contributed by atoms with Crippen molar-refractivity contribution >= 4 is 43.1 Å². The number of hydrogen-bond acceptors (Lipinski definition) is 2. The van der Waals surface area contributed by atoms with Crippen LogP contribution in [-0.4, -0.2) is 0 Å². The molecule has 0 amide bonds. The molecule has 4 rings (SSSR count). The Labute approximate surface area is 137 Å². The third-order valence-corrected chi connectivity index (χ3v) is 6.77. The highest BCUT2D eigenvalue weighted by molar-refractivity contribution is 7.18. The summed E-state index contributed by atoms with van der Waals surface area (Å²) in [4.78, 5) is 0. The van der Waals surface area contributed by atoms with Gasteiger partial charge in [-0.3, -0.25) is 0 Å². The van der Waals surface area contributed by atoms with Crippen LogP contribution in [-0.2, 0) is 26.9 Å². The third-order valence-electron chi connectivity index (χ3n) is 4.21. The molecule has 0 fully saturated rings. The molecule has 2 heterocycles. The molecule has 22 heavy (non-hydrogen) atoms. The summed E-state index contributed by atoms with van der Waals surface area (Å²) in [5.74, 6) is 0. The quantitative estimate of drug-likeness (QED) is 0.509. The van der Waals surface area contributed by atoms with Crippen molar-refractivity contribution in [3.63, 3.8) is 0 Å². The number of aryl methyl sites for hydroxylation is 4. The zero-order chi connectivity index (χ0) is 15.1. The molecule has 0 aliphatic heterocycles. The van der Waals surface area contributed by atoms with Crippen LogP contribution in [0.3, 0.4) is 0 Å². The standard InChI is InChI=1S/C18H18N2S2/c1-19-13-7-3-5-9-15(13)21-17(19)11-12-18-20(2)14-8-4-6-10-16(14)22-18/h3-10H,11-12H2,1-2H3/q+2. The van der Waals surface area contributed by atoms with Gasteiger partial charge in [-0.25, -0.2) is 0 Å². The number of fused-ring (bicyclic) bond motifs is 2. The zero-order valence-corrected chi connectivity index (χ0v) is 14.4. The molecule has 0 unspecified atom stereocenters. The molecule has 0 radical (unpaired) electrons. The van der Waals surface area contributed by atoms with Crippen molar-refractivity contribution in [3.05, 3.63) is 58.5 Å². The Hall–Kier alpha value is -1.78. The number of rotatable bonds is 3. The monoisotopic (exact) mass is 326 g/mol. The van der Waals surface area contributed by atoms with E-state index >= 15 is 0 Å². The number of para-hydroxylation sites is 2. The van der Waals surface area contributed by atoms with Crippen LogP contribution in [0.5, 0.6) is 0 Å². The van der Waals surface area contributed by atoms with E-state index in [0.29, 0.717) is 0 Å². The predicted octanol–water partition coefficient (Wildman–Crippen LogP) is 3.55. The lowest BCUT2D eigenvalue weighted by Crippen LogP contribution is -2.33. The minimum atomic E-state index is 1.09. The second kappa shape index (κ2) is 5.45. The second-order valence-electron chi connectivity index (χ2n) is 5.55. The molecule has 0 spiro atoms. The fourth-order valence-electron chi connectivity index (χ4n) is 2.95.